The molecule has 0 fully saturated rings. The van der Waals surface area contributed by atoms with E-state index < -0.39 is 0 Å². The summed E-state index contributed by atoms with van der Waals surface area (Å²) in [5, 5.41) is 0. The van der Waals surface area contributed by atoms with E-state index in [9.17, 15) is 0 Å². The molecule has 0 aliphatic rings. The Morgan fingerprint density at radius 3 is 2.42 bits per heavy atom. The van der Waals surface area contributed by atoms with Gasteiger partial charge in [-0.2, -0.15) is 6.58 Å². The van der Waals surface area contributed by atoms with Crippen molar-refractivity contribution in [3.05, 3.63) is 122 Å². The molecule has 0 aromatic heterocycles. The van der Waals surface area contributed by atoms with Crippen molar-refractivity contribution in [1.29, 1.82) is 0 Å². The molecule has 1 rings (SSSR count). The average Bonchev–Trinajstić information content (AvgIpc) is 2.62. The van der Waals surface area contributed by atoms with E-state index in [1.807, 2.05) is 18.2 Å². The van der Waals surface area contributed by atoms with Gasteiger partial charge in [-0.1, -0.05) is 31.4 Å². The summed E-state index contributed by atoms with van der Waals surface area (Å²) >= 11 is 0. The van der Waals surface area contributed by atoms with E-state index in [-0.39, 0.29) is 21.1 Å². The van der Waals surface area contributed by atoms with Crippen molar-refractivity contribution in [3.63, 3.8) is 0 Å². The Balaban J connectivity index is 0.00000625. The molecule has 0 N–H and O–H groups in total. The number of aliphatic imine (C=N–C) groups is 2. The van der Waals surface area contributed by atoms with Gasteiger partial charge in [0, 0.05) is 6.20 Å². The van der Waals surface area contributed by atoms with Gasteiger partial charge in [-0.05, 0) is 24.5 Å². The first-order chi connectivity index (χ1) is 12.1. The zero-order chi connectivity index (χ0) is 18.7. The first-order valence-corrected chi connectivity index (χ1v) is 7.66. The number of hydrogen-bond acceptors (Lipinski definition) is 2. The summed E-state index contributed by atoms with van der Waals surface area (Å²) in [5.41, 5.74) is 4.70. The Hall–Kier alpha value is -2.57. The van der Waals surface area contributed by atoms with Gasteiger partial charge >= 0.3 is 21.1 Å². The van der Waals surface area contributed by atoms with Gasteiger partial charge in [-0.15, -0.1) is 71.8 Å². The molecule has 0 heterocycles. The van der Waals surface area contributed by atoms with E-state index in [0.717, 1.165) is 28.0 Å². The Kier molecular flexibility index (Phi) is 11.5. The van der Waals surface area contributed by atoms with Crippen molar-refractivity contribution in [2.24, 2.45) is 9.98 Å². The van der Waals surface area contributed by atoms with E-state index >= 15 is 0 Å². The molecular formula is C23H22N2Pt. The summed E-state index contributed by atoms with van der Waals surface area (Å²) in [6, 6.07) is 9.17. The normalized spacial score (nSPS) is 11.8. The van der Waals surface area contributed by atoms with Crippen LogP contribution in [0, 0.1) is 12.1 Å². The second-order valence-corrected chi connectivity index (χ2v) is 4.96. The van der Waals surface area contributed by atoms with Gasteiger partial charge in [0.1, 0.15) is 0 Å². The summed E-state index contributed by atoms with van der Waals surface area (Å²) in [7, 11) is 0. The molecule has 1 aromatic rings. The van der Waals surface area contributed by atoms with Gasteiger partial charge in [0.2, 0.25) is 0 Å². The summed E-state index contributed by atoms with van der Waals surface area (Å²) in [6.07, 6.45) is 12.0. The molecule has 0 aliphatic carbocycles. The Labute approximate surface area is 171 Å². The van der Waals surface area contributed by atoms with Crippen LogP contribution in [0.2, 0.25) is 0 Å². The van der Waals surface area contributed by atoms with Crippen LogP contribution in [-0.2, 0) is 27.5 Å². The average molecular weight is 522 g/mol. The van der Waals surface area contributed by atoms with Gasteiger partial charge in [0.05, 0.1) is 0 Å². The van der Waals surface area contributed by atoms with Crippen LogP contribution in [0.5, 0.6) is 0 Å². The number of benzene rings is 1. The third-order valence-electron chi connectivity index (χ3n) is 3.20. The molecule has 0 atom stereocenters. The Bertz CT molecular complexity index is 792. The van der Waals surface area contributed by atoms with Gasteiger partial charge in [0.15, 0.2) is 0 Å². The molecule has 0 saturated heterocycles. The summed E-state index contributed by atoms with van der Waals surface area (Å²) in [6.45, 7) is 22.5. The second kappa shape index (κ2) is 12.7. The maximum atomic E-state index is 4.19. The van der Waals surface area contributed by atoms with Crippen LogP contribution in [0.15, 0.2) is 108 Å². The molecule has 0 aliphatic heterocycles. The van der Waals surface area contributed by atoms with E-state index in [2.05, 4.69) is 61.7 Å². The van der Waals surface area contributed by atoms with Crippen LogP contribution < -0.4 is 0 Å². The molecule has 0 bridgehead atoms. The van der Waals surface area contributed by atoms with E-state index in [4.69, 9.17) is 0 Å². The van der Waals surface area contributed by atoms with E-state index in [1.54, 1.807) is 24.3 Å². The molecule has 2 nitrogen and oxygen atoms in total. The number of hydrogen-bond donors (Lipinski definition) is 0. The minimum absolute atomic E-state index is 0. The van der Waals surface area contributed by atoms with Gasteiger partial charge in [-0.3, -0.25) is 0 Å². The minimum atomic E-state index is 0. The SMILES string of the molecule is C=C/C=C(\N=C)C(=[C-]C(=C)Cc1[c-]c(C(C=C)=NC=C)ccc1)C=C.[Pt+2]. The molecule has 0 spiro atoms. The molecule has 1 aromatic carbocycles. The Morgan fingerprint density at radius 1 is 1.15 bits per heavy atom. The Morgan fingerprint density at radius 2 is 1.88 bits per heavy atom. The number of nitrogens with zero attached hydrogens (tertiary/aromatic N) is 2. The molecule has 0 unspecified atom stereocenters. The smallest absolute Gasteiger partial charge is 0.313 e. The standard InChI is InChI=1S/C23H22N2.Pt/c1-7-12-23(24-6)20(8-2)16-18(5)15-19-13-11-14-21(17-19)22(9-3)25-10-4;/h7-14H,1-6,15H2;/q-2;+2/b23-12-,25-22?;. The topological polar surface area (TPSA) is 24.7 Å². The fraction of sp³-hybridized carbons (Fsp3) is 0.0435. The van der Waals surface area contributed by atoms with Crippen molar-refractivity contribution < 1.29 is 21.1 Å². The molecule has 0 radical (unpaired) electrons. The predicted octanol–water partition coefficient (Wildman–Crippen LogP) is 5.39. The maximum absolute atomic E-state index is 4.19. The van der Waals surface area contributed by atoms with Crippen LogP contribution in [0.1, 0.15) is 11.1 Å². The minimum Gasteiger partial charge on any atom is -0.313 e. The first kappa shape index (κ1) is 23.4. The van der Waals surface area contributed by atoms with Crippen LogP contribution in [0.3, 0.4) is 0 Å². The van der Waals surface area contributed by atoms with Crippen LogP contribution in [0.4, 0.5) is 0 Å². The summed E-state index contributed by atoms with van der Waals surface area (Å²) < 4.78 is 0. The van der Waals surface area contributed by atoms with Crippen LogP contribution >= 0.6 is 0 Å². The third kappa shape index (κ3) is 7.12. The third-order valence-corrected chi connectivity index (χ3v) is 3.20. The number of rotatable bonds is 10. The van der Waals surface area contributed by atoms with Crippen molar-refractivity contribution in [1.82, 2.24) is 0 Å². The first-order valence-electron chi connectivity index (χ1n) is 7.66. The quantitative estimate of drug-likeness (QED) is 0.224. The fourth-order valence-corrected chi connectivity index (χ4v) is 2.12. The largest absolute Gasteiger partial charge is 2.00 e. The van der Waals surface area contributed by atoms with Crippen molar-refractivity contribution >= 4 is 12.4 Å². The van der Waals surface area contributed by atoms with Crippen molar-refractivity contribution in [3.8, 4) is 0 Å². The van der Waals surface area contributed by atoms with E-state index in [1.165, 1.54) is 6.20 Å². The van der Waals surface area contributed by atoms with Crippen molar-refractivity contribution in [2.75, 3.05) is 0 Å². The zero-order valence-electron chi connectivity index (χ0n) is 14.8. The predicted molar refractivity (Wildman–Crippen MR) is 110 cm³/mol. The summed E-state index contributed by atoms with van der Waals surface area (Å²) in [5.74, 6) is 0. The monoisotopic (exact) mass is 521 g/mol. The zero-order valence-corrected chi connectivity index (χ0v) is 17.1. The van der Waals surface area contributed by atoms with Crippen LogP contribution in [0.25, 0.3) is 0 Å². The molecule has 0 amide bonds. The van der Waals surface area contributed by atoms with Crippen LogP contribution in [-0.4, -0.2) is 12.4 Å². The van der Waals surface area contributed by atoms with Gasteiger partial charge in [0.25, 0.3) is 0 Å². The fourth-order valence-electron chi connectivity index (χ4n) is 2.12. The maximum Gasteiger partial charge on any atom is 2.00 e. The molecule has 3 heteroatoms. The number of allylic oxidation sites excluding steroid dienone is 6. The van der Waals surface area contributed by atoms with E-state index in [0.29, 0.717) is 12.1 Å². The molecule has 134 valence electrons. The molecular weight excluding hydrogens is 499 g/mol. The molecule has 26 heavy (non-hydrogen) atoms. The van der Waals surface area contributed by atoms with Gasteiger partial charge in [-0.25, -0.2) is 0 Å². The summed E-state index contributed by atoms with van der Waals surface area (Å²) in [4.78, 5) is 8.15. The van der Waals surface area contributed by atoms with Crippen molar-refractivity contribution in [2.45, 2.75) is 6.42 Å². The second-order valence-electron chi connectivity index (χ2n) is 4.96. The molecule has 0 saturated carbocycles. The van der Waals surface area contributed by atoms with Gasteiger partial charge < -0.3 is 9.98 Å².